The SMILES string of the molecule is Cc1nc2nc(CN)nn2c(C)c1CCC(=O)Nc1ccc(Cl)cc1.Cl. The smallest absolute Gasteiger partial charge is 0.252 e. The molecule has 2 heterocycles. The minimum absolute atomic E-state index is 0. The lowest BCUT2D eigenvalue weighted by Gasteiger charge is -2.10. The molecule has 0 saturated carbocycles. The Morgan fingerprint density at radius 2 is 1.92 bits per heavy atom. The first-order valence-electron chi connectivity index (χ1n) is 7.95. The second-order valence-corrected chi connectivity index (χ2v) is 6.20. The van der Waals surface area contributed by atoms with Gasteiger partial charge in [-0.25, -0.2) is 9.50 Å². The van der Waals surface area contributed by atoms with Crippen molar-refractivity contribution in [3.63, 3.8) is 0 Å². The van der Waals surface area contributed by atoms with Gasteiger partial charge in [-0.1, -0.05) is 11.6 Å². The first kappa shape index (κ1) is 20.1. The van der Waals surface area contributed by atoms with Crippen LogP contribution in [0.15, 0.2) is 24.3 Å². The van der Waals surface area contributed by atoms with Crippen LogP contribution in [0.1, 0.15) is 29.2 Å². The van der Waals surface area contributed by atoms with Crippen LogP contribution in [0.2, 0.25) is 5.02 Å². The number of carbonyl (C=O) groups is 1. The van der Waals surface area contributed by atoms with Gasteiger partial charge in [-0.15, -0.1) is 17.5 Å². The third-order valence-electron chi connectivity index (χ3n) is 4.01. The molecule has 0 aliphatic carbocycles. The molecule has 3 rings (SSSR count). The van der Waals surface area contributed by atoms with Crippen LogP contribution in [0.4, 0.5) is 5.69 Å². The predicted octanol–water partition coefficient (Wildman–Crippen LogP) is 2.85. The highest BCUT2D eigenvalue weighted by atomic mass is 35.5. The van der Waals surface area contributed by atoms with Crippen molar-refractivity contribution in [2.24, 2.45) is 5.73 Å². The van der Waals surface area contributed by atoms with E-state index in [0.29, 0.717) is 29.5 Å². The summed E-state index contributed by atoms with van der Waals surface area (Å²) in [6, 6.07) is 7.02. The molecule has 0 bridgehead atoms. The summed E-state index contributed by atoms with van der Waals surface area (Å²) >= 11 is 5.84. The fraction of sp³-hybridized carbons (Fsp3) is 0.294. The molecule has 0 fully saturated rings. The van der Waals surface area contributed by atoms with E-state index in [1.54, 1.807) is 28.8 Å². The van der Waals surface area contributed by atoms with Gasteiger partial charge in [0.2, 0.25) is 5.91 Å². The largest absolute Gasteiger partial charge is 0.326 e. The Morgan fingerprint density at radius 3 is 2.58 bits per heavy atom. The van der Waals surface area contributed by atoms with Crippen molar-refractivity contribution >= 4 is 41.4 Å². The number of fused-ring (bicyclic) bond motifs is 1. The van der Waals surface area contributed by atoms with Gasteiger partial charge in [0.05, 0.1) is 6.54 Å². The second-order valence-electron chi connectivity index (χ2n) is 5.76. The maximum absolute atomic E-state index is 12.2. The van der Waals surface area contributed by atoms with Gasteiger partial charge in [0, 0.05) is 28.5 Å². The van der Waals surface area contributed by atoms with Crippen LogP contribution in [0, 0.1) is 13.8 Å². The van der Waals surface area contributed by atoms with E-state index in [2.05, 4.69) is 20.4 Å². The Hall–Kier alpha value is -2.22. The maximum atomic E-state index is 12.2. The molecule has 1 aromatic carbocycles. The highest BCUT2D eigenvalue weighted by Crippen LogP contribution is 2.17. The standard InChI is InChI=1S/C17H19ClN6O.ClH/c1-10-14(11(2)24-17(20-10)22-15(9-19)23-24)7-8-16(25)21-13-5-3-12(18)4-6-13;/h3-6H,7-9,19H2,1-2H3,(H,21,25);1H. The van der Waals surface area contributed by atoms with Crippen LogP contribution in [-0.2, 0) is 17.8 Å². The topological polar surface area (TPSA) is 98.2 Å². The van der Waals surface area contributed by atoms with Crippen LogP contribution in [0.25, 0.3) is 5.78 Å². The van der Waals surface area contributed by atoms with E-state index in [1.165, 1.54) is 0 Å². The number of aryl methyl sites for hydroxylation is 2. The summed E-state index contributed by atoms with van der Waals surface area (Å²) in [5.41, 5.74) is 9.08. The van der Waals surface area contributed by atoms with Gasteiger partial charge in [-0.05, 0) is 50.1 Å². The molecule has 0 aliphatic rings. The Bertz CT molecular complexity index is 923. The number of hydrogen-bond donors (Lipinski definition) is 2. The molecule has 3 aromatic rings. The number of anilines is 1. The molecule has 3 N–H and O–H groups in total. The molecular weight excluding hydrogens is 375 g/mol. The fourth-order valence-corrected chi connectivity index (χ4v) is 2.82. The zero-order valence-electron chi connectivity index (χ0n) is 14.5. The first-order valence-corrected chi connectivity index (χ1v) is 8.33. The summed E-state index contributed by atoms with van der Waals surface area (Å²) in [6.45, 7) is 4.13. The highest BCUT2D eigenvalue weighted by Gasteiger charge is 2.14. The van der Waals surface area contributed by atoms with Gasteiger partial charge in [0.15, 0.2) is 5.82 Å². The molecule has 26 heavy (non-hydrogen) atoms. The van der Waals surface area contributed by atoms with Crippen molar-refractivity contribution in [1.82, 2.24) is 19.6 Å². The van der Waals surface area contributed by atoms with Gasteiger partial charge in [-0.3, -0.25) is 4.79 Å². The van der Waals surface area contributed by atoms with E-state index in [0.717, 1.165) is 22.6 Å². The van der Waals surface area contributed by atoms with Crippen LogP contribution < -0.4 is 11.1 Å². The number of hydrogen-bond acceptors (Lipinski definition) is 5. The minimum Gasteiger partial charge on any atom is -0.326 e. The third-order valence-corrected chi connectivity index (χ3v) is 4.26. The predicted molar refractivity (Wildman–Crippen MR) is 104 cm³/mol. The normalized spacial score (nSPS) is 10.6. The van der Waals surface area contributed by atoms with Crippen LogP contribution in [0.3, 0.4) is 0 Å². The van der Waals surface area contributed by atoms with Gasteiger partial charge in [0.1, 0.15) is 0 Å². The molecule has 0 unspecified atom stereocenters. The lowest BCUT2D eigenvalue weighted by atomic mass is 10.1. The Kier molecular flexibility index (Phi) is 6.52. The summed E-state index contributed by atoms with van der Waals surface area (Å²) in [7, 11) is 0. The number of amides is 1. The Labute approximate surface area is 162 Å². The van der Waals surface area contributed by atoms with Crippen molar-refractivity contribution in [2.45, 2.75) is 33.2 Å². The minimum atomic E-state index is -0.0672. The fourth-order valence-electron chi connectivity index (χ4n) is 2.69. The van der Waals surface area contributed by atoms with Crippen molar-refractivity contribution in [1.29, 1.82) is 0 Å². The number of aromatic nitrogens is 4. The first-order chi connectivity index (χ1) is 12.0. The zero-order chi connectivity index (χ0) is 18.0. The molecule has 1 amide bonds. The zero-order valence-corrected chi connectivity index (χ0v) is 16.1. The van der Waals surface area contributed by atoms with E-state index in [-0.39, 0.29) is 24.9 Å². The molecule has 0 aliphatic heterocycles. The number of rotatable bonds is 5. The van der Waals surface area contributed by atoms with Crippen molar-refractivity contribution in [3.05, 3.63) is 52.1 Å². The van der Waals surface area contributed by atoms with E-state index >= 15 is 0 Å². The van der Waals surface area contributed by atoms with Crippen LogP contribution in [0.5, 0.6) is 0 Å². The monoisotopic (exact) mass is 394 g/mol. The molecule has 138 valence electrons. The Morgan fingerprint density at radius 1 is 1.23 bits per heavy atom. The lowest BCUT2D eigenvalue weighted by molar-refractivity contribution is -0.116. The van der Waals surface area contributed by atoms with Gasteiger partial charge < -0.3 is 11.1 Å². The van der Waals surface area contributed by atoms with E-state index < -0.39 is 0 Å². The van der Waals surface area contributed by atoms with E-state index in [4.69, 9.17) is 17.3 Å². The quantitative estimate of drug-likeness (QED) is 0.692. The number of nitrogens with two attached hydrogens (primary N) is 1. The van der Waals surface area contributed by atoms with Crippen molar-refractivity contribution in [2.75, 3.05) is 5.32 Å². The average Bonchev–Trinajstić information content (AvgIpc) is 3.00. The van der Waals surface area contributed by atoms with E-state index in [1.807, 2.05) is 13.8 Å². The number of benzene rings is 1. The number of halogens is 2. The lowest BCUT2D eigenvalue weighted by Crippen LogP contribution is -2.14. The highest BCUT2D eigenvalue weighted by molar-refractivity contribution is 6.30. The maximum Gasteiger partial charge on any atom is 0.252 e. The van der Waals surface area contributed by atoms with Crippen molar-refractivity contribution in [3.8, 4) is 0 Å². The molecular formula is C17H20Cl2N6O. The number of carbonyl (C=O) groups excluding carboxylic acids is 1. The summed E-state index contributed by atoms with van der Waals surface area (Å²) in [5, 5.41) is 7.83. The molecule has 9 heteroatoms. The second kappa shape index (κ2) is 8.44. The van der Waals surface area contributed by atoms with Crippen LogP contribution in [-0.4, -0.2) is 25.5 Å². The van der Waals surface area contributed by atoms with Crippen molar-refractivity contribution < 1.29 is 4.79 Å². The van der Waals surface area contributed by atoms with Gasteiger partial charge in [0.25, 0.3) is 5.78 Å². The van der Waals surface area contributed by atoms with Gasteiger partial charge in [-0.2, -0.15) is 4.98 Å². The van der Waals surface area contributed by atoms with Gasteiger partial charge >= 0.3 is 0 Å². The molecule has 2 aromatic heterocycles. The molecule has 0 radical (unpaired) electrons. The Balaban J connectivity index is 0.00000243. The number of nitrogens with one attached hydrogen (secondary N) is 1. The molecule has 7 nitrogen and oxygen atoms in total. The summed E-state index contributed by atoms with van der Waals surface area (Å²) < 4.78 is 1.68. The number of nitrogens with zero attached hydrogens (tertiary/aromatic N) is 4. The van der Waals surface area contributed by atoms with Crippen LogP contribution >= 0.6 is 24.0 Å². The molecule has 0 saturated heterocycles. The molecule has 0 spiro atoms. The average molecular weight is 395 g/mol. The summed E-state index contributed by atoms with van der Waals surface area (Å²) in [6.07, 6.45) is 0.911. The summed E-state index contributed by atoms with van der Waals surface area (Å²) in [4.78, 5) is 20.9. The molecule has 0 atom stereocenters. The third kappa shape index (κ3) is 4.30. The van der Waals surface area contributed by atoms with E-state index in [9.17, 15) is 4.79 Å². The summed E-state index contributed by atoms with van der Waals surface area (Å²) in [5.74, 6) is 1.01.